The van der Waals surface area contributed by atoms with Gasteiger partial charge in [0.25, 0.3) is 0 Å². The predicted molar refractivity (Wildman–Crippen MR) is 118 cm³/mol. The number of thioether (sulfide) groups is 2. The molecule has 2 N–H and O–H groups in total. The summed E-state index contributed by atoms with van der Waals surface area (Å²) in [5.74, 6) is 0. The zero-order valence-electron chi connectivity index (χ0n) is 13.4. The first kappa shape index (κ1) is 23.9. The van der Waals surface area contributed by atoms with Crippen LogP contribution in [0.2, 0.25) is 0 Å². The largest absolute Gasteiger partial charge is 0.520 e. The predicted octanol–water partition coefficient (Wildman–Crippen LogP) is 2.90. The van der Waals surface area contributed by atoms with Crippen LogP contribution in [0.5, 0.6) is 0 Å². The van der Waals surface area contributed by atoms with Gasteiger partial charge in [-0.3, -0.25) is 0 Å². The van der Waals surface area contributed by atoms with E-state index in [1.807, 2.05) is 49.2 Å². The first-order valence-electron chi connectivity index (χ1n) is 6.60. The molecule has 11 heteroatoms. The molecule has 0 spiro atoms. The molecule has 0 radical (unpaired) electrons. The molecule has 0 saturated heterocycles. The molecule has 2 aromatic rings. The minimum atomic E-state index is 0. The van der Waals surface area contributed by atoms with Crippen molar-refractivity contribution < 1.29 is 16.5 Å². The van der Waals surface area contributed by atoms with Gasteiger partial charge in [-0.25, -0.2) is 0 Å². The second kappa shape index (κ2) is 15.2. The van der Waals surface area contributed by atoms with Gasteiger partial charge < -0.3 is 31.0 Å². The van der Waals surface area contributed by atoms with Crippen molar-refractivity contribution in [2.24, 2.45) is 10.2 Å². The Labute approximate surface area is 176 Å². The van der Waals surface area contributed by atoms with E-state index in [-0.39, 0.29) is 16.5 Å². The summed E-state index contributed by atoms with van der Waals surface area (Å²) in [5, 5.41) is 7.64. The molecule has 2 heterocycles. The van der Waals surface area contributed by atoms with Crippen molar-refractivity contribution in [3.63, 3.8) is 0 Å². The average molecular weight is 457 g/mol. The van der Waals surface area contributed by atoms with E-state index in [2.05, 4.69) is 55.5 Å². The monoisotopic (exact) mass is 456 g/mol. The van der Waals surface area contributed by atoms with Crippen molar-refractivity contribution >= 4 is 69.0 Å². The third-order valence-corrected chi connectivity index (χ3v) is 4.46. The Morgan fingerprint density at radius 1 is 0.920 bits per heavy atom. The van der Waals surface area contributed by atoms with Crippen molar-refractivity contribution in [1.82, 2.24) is 9.97 Å². The number of H-pyrrole nitrogens is 2. The summed E-state index contributed by atoms with van der Waals surface area (Å²) in [7, 11) is 0. The maximum absolute atomic E-state index is 4.05. The summed E-state index contributed by atoms with van der Waals surface area (Å²) in [6.45, 7) is 0. The van der Waals surface area contributed by atoms with Gasteiger partial charge in [-0.1, -0.05) is 23.5 Å². The summed E-state index contributed by atoms with van der Waals surface area (Å²) in [4.78, 5) is 5.96. The van der Waals surface area contributed by atoms with E-state index >= 15 is 0 Å². The van der Waals surface area contributed by atoms with Crippen LogP contribution in [0.3, 0.4) is 0 Å². The van der Waals surface area contributed by atoms with Crippen LogP contribution in [0.1, 0.15) is 11.4 Å². The molecule has 0 bridgehead atoms. The zero-order chi connectivity index (χ0) is 17.6. The summed E-state index contributed by atoms with van der Waals surface area (Å²) >= 11 is 11.0. The van der Waals surface area contributed by atoms with Crippen LogP contribution in [0.25, 0.3) is 10.9 Å². The Balaban J connectivity index is 0.000000443. The van der Waals surface area contributed by atoms with Crippen LogP contribution in [0, 0.1) is 0 Å². The van der Waals surface area contributed by atoms with E-state index in [4.69, 9.17) is 0 Å². The number of rotatable bonds is 4. The fourth-order valence-electron chi connectivity index (χ4n) is 1.21. The number of aromatic amines is 2. The van der Waals surface area contributed by atoms with Crippen molar-refractivity contribution in [2.45, 2.75) is 0 Å². The summed E-state index contributed by atoms with van der Waals surface area (Å²) in [6, 6.07) is 7.63. The molecule has 0 fully saturated rings. The van der Waals surface area contributed by atoms with Gasteiger partial charge in [0.15, 0.2) is 33.1 Å². The van der Waals surface area contributed by atoms with Crippen LogP contribution in [0.15, 0.2) is 46.9 Å². The van der Waals surface area contributed by atoms with Crippen molar-refractivity contribution in [3.8, 4) is 0 Å². The summed E-state index contributed by atoms with van der Waals surface area (Å²) < 4.78 is 1.30. The van der Waals surface area contributed by atoms with Crippen LogP contribution in [-0.4, -0.2) is 43.5 Å². The second-order valence-corrected chi connectivity index (χ2v) is 6.96. The van der Waals surface area contributed by atoms with Gasteiger partial charge >= 0.3 is 0 Å². The SMILES string of the molecule is CSC(=[SH+])[N-]N=Cc1ccc[nH]1.CSC(=[SH+])[N-]N=Cc1ccc[nH]1.[Ni]. The van der Waals surface area contributed by atoms with Crippen LogP contribution in [0.4, 0.5) is 0 Å². The second-order valence-electron chi connectivity index (χ2n) is 3.91. The third-order valence-electron chi connectivity index (χ3n) is 2.29. The molecule has 2 aromatic heterocycles. The topological polar surface area (TPSA) is 84.5 Å². The molecule has 2 rings (SSSR count). The van der Waals surface area contributed by atoms with E-state index in [1.165, 1.54) is 23.5 Å². The molecule has 0 aliphatic rings. The van der Waals surface area contributed by atoms with Crippen molar-refractivity contribution in [1.29, 1.82) is 0 Å². The third kappa shape index (κ3) is 12.0. The molecule has 0 atom stereocenters. The van der Waals surface area contributed by atoms with Crippen molar-refractivity contribution in [3.05, 3.63) is 58.9 Å². The first-order valence-corrected chi connectivity index (χ1v) is 9.94. The van der Waals surface area contributed by atoms with E-state index in [1.54, 1.807) is 12.4 Å². The van der Waals surface area contributed by atoms with Crippen LogP contribution in [-0.2, 0) is 40.9 Å². The Morgan fingerprint density at radius 3 is 1.60 bits per heavy atom. The Bertz CT molecular complexity index is 597. The fourth-order valence-corrected chi connectivity index (χ4v) is 1.57. The number of hydrogen-bond acceptors (Lipinski definition) is 4. The molecule has 0 aromatic carbocycles. The Morgan fingerprint density at radius 2 is 1.32 bits per heavy atom. The molecule has 138 valence electrons. The molecule has 25 heavy (non-hydrogen) atoms. The van der Waals surface area contributed by atoms with E-state index in [9.17, 15) is 0 Å². The van der Waals surface area contributed by atoms with E-state index in [0.29, 0.717) is 8.64 Å². The van der Waals surface area contributed by atoms with Gasteiger partial charge in [-0.05, 0) is 36.8 Å². The first-order chi connectivity index (χ1) is 11.7. The minimum Gasteiger partial charge on any atom is -0.520 e. The molecule has 0 saturated carbocycles. The van der Waals surface area contributed by atoms with Gasteiger partial charge in [0.1, 0.15) is 0 Å². The van der Waals surface area contributed by atoms with Crippen LogP contribution >= 0.6 is 23.5 Å². The molecule has 0 aliphatic heterocycles. The standard InChI is InChI=1S/2C7H9N3S2.Ni/c2*1-12-7(11)10-9-5-6-3-2-4-8-6;/h2*2-5H,1H3,(H2,8,9,10,11);. The minimum absolute atomic E-state index is 0. The maximum Gasteiger partial charge on any atom is 0.174 e. The number of nitrogens with one attached hydrogen (secondary N) is 2. The normalized spacial score (nSPS) is 10.0. The van der Waals surface area contributed by atoms with Gasteiger partial charge in [-0.15, -0.1) is 0 Å². The Kier molecular flexibility index (Phi) is 14.5. The van der Waals surface area contributed by atoms with Gasteiger partial charge in [0.05, 0.1) is 11.4 Å². The molecule has 0 aliphatic carbocycles. The molecule has 0 unspecified atom stereocenters. The van der Waals surface area contributed by atoms with Gasteiger partial charge in [0, 0.05) is 41.3 Å². The number of hydrogen-bond donors (Lipinski definition) is 2. The quantitative estimate of drug-likeness (QED) is 0.185. The molecular weight excluding hydrogens is 439 g/mol. The molecule has 0 amide bonds. The number of thiol groups is 2. The fraction of sp³-hybridized carbons (Fsp3) is 0.143. The van der Waals surface area contributed by atoms with Gasteiger partial charge in [0.2, 0.25) is 0 Å². The summed E-state index contributed by atoms with van der Waals surface area (Å²) in [6.07, 6.45) is 10.8. The summed E-state index contributed by atoms with van der Waals surface area (Å²) in [5.41, 5.74) is 9.48. The number of nitrogens with zero attached hydrogens (tertiary/aromatic N) is 4. The molecular formula is C14H18N6NiS4. The van der Waals surface area contributed by atoms with Crippen molar-refractivity contribution in [2.75, 3.05) is 12.5 Å². The smallest absolute Gasteiger partial charge is 0.174 e. The zero-order valence-corrected chi connectivity index (χ0v) is 17.8. The maximum atomic E-state index is 4.05. The van der Waals surface area contributed by atoms with E-state index in [0.717, 1.165) is 11.4 Å². The molecule has 6 nitrogen and oxygen atoms in total. The number of aromatic nitrogens is 2. The van der Waals surface area contributed by atoms with Crippen LogP contribution < -0.4 is 0 Å². The Hall–Kier alpha value is -1.13. The van der Waals surface area contributed by atoms with Gasteiger partial charge in [-0.2, -0.15) is 0 Å². The van der Waals surface area contributed by atoms with E-state index < -0.39 is 0 Å². The average Bonchev–Trinajstić information content (AvgIpc) is 3.29.